The van der Waals surface area contributed by atoms with E-state index in [1.807, 2.05) is 37.3 Å². The average Bonchev–Trinajstić information content (AvgIpc) is 2.85. The van der Waals surface area contributed by atoms with Crippen LogP contribution in [0, 0.1) is 6.92 Å². The fourth-order valence-electron chi connectivity index (χ4n) is 2.50. The van der Waals surface area contributed by atoms with E-state index in [-0.39, 0.29) is 6.04 Å². The average molecular weight is 286 g/mol. The van der Waals surface area contributed by atoms with Gasteiger partial charge in [0.2, 0.25) is 0 Å². The Kier molecular flexibility index (Phi) is 3.45. The monoisotopic (exact) mass is 285 g/mol. The number of aryl methyl sites for hydroxylation is 1. The zero-order valence-electron chi connectivity index (χ0n) is 11.5. The van der Waals surface area contributed by atoms with Crippen LogP contribution in [0.15, 0.2) is 42.5 Å². The van der Waals surface area contributed by atoms with Crippen molar-refractivity contribution < 1.29 is 0 Å². The molecule has 2 aromatic heterocycles. The van der Waals surface area contributed by atoms with Crippen molar-refractivity contribution in [3.05, 3.63) is 59.5 Å². The molecular formula is C16H16ClN3. The van der Waals surface area contributed by atoms with E-state index in [1.54, 1.807) is 0 Å². The van der Waals surface area contributed by atoms with Gasteiger partial charge in [-0.15, -0.1) is 11.6 Å². The van der Waals surface area contributed by atoms with Gasteiger partial charge >= 0.3 is 0 Å². The normalized spacial score (nSPS) is 12.8. The van der Waals surface area contributed by atoms with E-state index in [2.05, 4.69) is 33.6 Å². The number of benzene rings is 1. The molecule has 0 bridgehead atoms. The predicted molar refractivity (Wildman–Crippen MR) is 82.1 cm³/mol. The Labute approximate surface area is 123 Å². The summed E-state index contributed by atoms with van der Waals surface area (Å²) in [4.78, 5) is 9.22. The number of pyridine rings is 1. The van der Waals surface area contributed by atoms with Crippen molar-refractivity contribution in [2.45, 2.75) is 25.8 Å². The minimum absolute atomic E-state index is 0.157. The molecule has 2 heterocycles. The fraction of sp³-hybridized carbons (Fsp3) is 0.250. The van der Waals surface area contributed by atoms with Gasteiger partial charge in [0.25, 0.3) is 0 Å². The lowest BCUT2D eigenvalue weighted by Gasteiger charge is -2.17. The van der Waals surface area contributed by atoms with E-state index >= 15 is 0 Å². The maximum atomic E-state index is 6.06. The van der Waals surface area contributed by atoms with Gasteiger partial charge < -0.3 is 4.57 Å². The molecule has 3 rings (SSSR count). The molecule has 1 atom stereocenters. The Balaban J connectivity index is 2.21. The van der Waals surface area contributed by atoms with Gasteiger partial charge in [-0.25, -0.2) is 9.97 Å². The summed E-state index contributed by atoms with van der Waals surface area (Å²) < 4.78 is 2.13. The molecular weight excluding hydrogens is 270 g/mol. The Morgan fingerprint density at radius 1 is 1.10 bits per heavy atom. The van der Waals surface area contributed by atoms with Crippen LogP contribution in [0.1, 0.15) is 30.0 Å². The lowest BCUT2D eigenvalue weighted by Crippen LogP contribution is -2.10. The highest BCUT2D eigenvalue weighted by atomic mass is 35.5. The number of hydrogen-bond donors (Lipinski definition) is 0. The minimum atomic E-state index is 0.157. The molecule has 102 valence electrons. The predicted octanol–water partition coefficient (Wildman–Crippen LogP) is 4.09. The lowest BCUT2D eigenvalue weighted by molar-refractivity contribution is 0.628. The van der Waals surface area contributed by atoms with Gasteiger partial charge in [-0.3, -0.25) is 0 Å². The highest BCUT2D eigenvalue weighted by molar-refractivity contribution is 6.16. The lowest BCUT2D eigenvalue weighted by atomic mass is 10.1. The first-order valence-electron chi connectivity index (χ1n) is 6.66. The van der Waals surface area contributed by atoms with Crippen molar-refractivity contribution in [2.24, 2.45) is 0 Å². The number of fused-ring (bicyclic) bond motifs is 1. The SMILES string of the molecule is Cc1ccc2nc(CCl)n(C(C)c3ccccc3)c2n1. The first-order valence-corrected chi connectivity index (χ1v) is 7.19. The molecule has 0 radical (unpaired) electrons. The Morgan fingerprint density at radius 2 is 1.85 bits per heavy atom. The summed E-state index contributed by atoms with van der Waals surface area (Å²) in [5, 5.41) is 0. The molecule has 20 heavy (non-hydrogen) atoms. The van der Waals surface area contributed by atoms with Gasteiger partial charge in [0, 0.05) is 5.69 Å². The maximum Gasteiger partial charge on any atom is 0.160 e. The van der Waals surface area contributed by atoms with Crippen LogP contribution in [0.3, 0.4) is 0 Å². The molecule has 3 aromatic rings. The van der Waals surface area contributed by atoms with Crippen molar-refractivity contribution >= 4 is 22.8 Å². The smallest absolute Gasteiger partial charge is 0.160 e. The van der Waals surface area contributed by atoms with Gasteiger partial charge in [0.1, 0.15) is 11.3 Å². The number of hydrogen-bond acceptors (Lipinski definition) is 2. The van der Waals surface area contributed by atoms with Crippen LogP contribution >= 0.6 is 11.6 Å². The van der Waals surface area contributed by atoms with Crippen molar-refractivity contribution in [1.29, 1.82) is 0 Å². The number of alkyl halides is 1. The number of nitrogens with zero attached hydrogens (tertiary/aromatic N) is 3. The van der Waals surface area contributed by atoms with Gasteiger partial charge in [-0.2, -0.15) is 0 Å². The molecule has 0 spiro atoms. The highest BCUT2D eigenvalue weighted by Gasteiger charge is 2.17. The molecule has 0 N–H and O–H groups in total. The summed E-state index contributed by atoms with van der Waals surface area (Å²) in [6.45, 7) is 4.14. The topological polar surface area (TPSA) is 30.7 Å². The fourth-order valence-corrected chi connectivity index (χ4v) is 2.69. The molecule has 0 aliphatic heterocycles. The summed E-state index contributed by atoms with van der Waals surface area (Å²) in [7, 11) is 0. The standard InChI is InChI=1S/C16H16ClN3/c1-11-8-9-14-16(18-11)20(15(10-17)19-14)12(2)13-6-4-3-5-7-13/h3-9,12H,10H2,1-2H3. The first kappa shape index (κ1) is 13.1. The molecule has 0 saturated carbocycles. The summed E-state index contributed by atoms with van der Waals surface area (Å²) in [5.41, 5.74) is 4.01. The molecule has 4 heteroatoms. The quantitative estimate of drug-likeness (QED) is 0.679. The van der Waals surface area contributed by atoms with Crippen LogP contribution in [0.25, 0.3) is 11.2 Å². The molecule has 0 fully saturated rings. The van der Waals surface area contributed by atoms with Crippen LogP contribution in [-0.4, -0.2) is 14.5 Å². The van der Waals surface area contributed by atoms with E-state index in [4.69, 9.17) is 11.6 Å². The van der Waals surface area contributed by atoms with E-state index in [0.717, 1.165) is 22.7 Å². The molecule has 0 aliphatic rings. The second-order valence-electron chi connectivity index (χ2n) is 4.91. The Morgan fingerprint density at radius 3 is 2.55 bits per heavy atom. The first-order chi connectivity index (χ1) is 9.70. The molecule has 0 saturated heterocycles. The summed E-state index contributed by atoms with van der Waals surface area (Å²) in [6.07, 6.45) is 0. The van der Waals surface area contributed by atoms with E-state index in [0.29, 0.717) is 5.88 Å². The van der Waals surface area contributed by atoms with E-state index in [9.17, 15) is 0 Å². The largest absolute Gasteiger partial charge is 0.304 e. The van der Waals surface area contributed by atoms with Crippen LogP contribution in [-0.2, 0) is 5.88 Å². The van der Waals surface area contributed by atoms with Crippen molar-refractivity contribution in [3.8, 4) is 0 Å². The van der Waals surface area contributed by atoms with E-state index < -0.39 is 0 Å². The van der Waals surface area contributed by atoms with Gasteiger partial charge in [-0.1, -0.05) is 30.3 Å². The third-order valence-electron chi connectivity index (χ3n) is 3.54. The van der Waals surface area contributed by atoms with Gasteiger partial charge in [0.05, 0.1) is 11.9 Å². The zero-order valence-corrected chi connectivity index (χ0v) is 12.3. The number of rotatable bonds is 3. The van der Waals surface area contributed by atoms with Crippen LogP contribution in [0.5, 0.6) is 0 Å². The van der Waals surface area contributed by atoms with Crippen molar-refractivity contribution in [2.75, 3.05) is 0 Å². The third-order valence-corrected chi connectivity index (χ3v) is 3.78. The third kappa shape index (κ3) is 2.18. The van der Waals surface area contributed by atoms with Crippen molar-refractivity contribution in [1.82, 2.24) is 14.5 Å². The van der Waals surface area contributed by atoms with E-state index in [1.165, 1.54) is 5.56 Å². The summed E-state index contributed by atoms with van der Waals surface area (Å²) in [6, 6.07) is 14.5. The summed E-state index contributed by atoms with van der Waals surface area (Å²) >= 11 is 6.06. The second kappa shape index (κ2) is 5.25. The van der Waals surface area contributed by atoms with Crippen LogP contribution < -0.4 is 0 Å². The minimum Gasteiger partial charge on any atom is -0.304 e. The second-order valence-corrected chi connectivity index (χ2v) is 5.18. The molecule has 1 aromatic carbocycles. The number of halogens is 1. The maximum absolute atomic E-state index is 6.06. The van der Waals surface area contributed by atoms with Crippen LogP contribution in [0.4, 0.5) is 0 Å². The van der Waals surface area contributed by atoms with Crippen molar-refractivity contribution in [3.63, 3.8) is 0 Å². The van der Waals surface area contributed by atoms with Crippen LogP contribution in [0.2, 0.25) is 0 Å². The number of imidazole rings is 1. The summed E-state index contributed by atoms with van der Waals surface area (Å²) in [5.74, 6) is 1.24. The highest BCUT2D eigenvalue weighted by Crippen LogP contribution is 2.25. The van der Waals surface area contributed by atoms with Gasteiger partial charge in [0.15, 0.2) is 5.65 Å². The molecule has 0 amide bonds. The Hall–Kier alpha value is -1.87. The van der Waals surface area contributed by atoms with Gasteiger partial charge in [-0.05, 0) is 31.5 Å². The zero-order chi connectivity index (χ0) is 14.1. The molecule has 3 nitrogen and oxygen atoms in total. The molecule has 0 aliphatic carbocycles. The molecule has 1 unspecified atom stereocenters. The number of aromatic nitrogens is 3. The Bertz CT molecular complexity index is 734.